The molecule has 2 nitrogen and oxygen atoms in total. The summed E-state index contributed by atoms with van der Waals surface area (Å²) in [5.41, 5.74) is 2.53. The van der Waals surface area contributed by atoms with E-state index in [9.17, 15) is 4.79 Å². The minimum atomic E-state index is -0.0233. The maximum absolute atomic E-state index is 13.1. The first-order valence-electron chi connectivity index (χ1n) is 7.05. The highest BCUT2D eigenvalue weighted by Crippen LogP contribution is 2.30. The summed E-state index contributed by atoms with van der Waals surface area (Å²) in [4.78, 5) is 13.1. The molecule has 0 amide bonds. The maximum Gasteiger partial charge on any atom is 0.264 e. The number of carbonyl (C=O) groups excluding carboxylic acids is 1. The van der Waals surface area contributed by atoms with E-state index in [1.807, 2.05) is 60.7 Å². The number of nitrogens with zero attached hydrogens (tertiary/aromatic N) is 1. The van der Waals surface area contributed by atoms with Crippen molar-refractivity contribution in [3.05, 3.63) is 82.8 Å². The van der Waals surface area contributed by atoms with Crippen LogP contribution in [0.25, 0.3) is 21.8 Å². The van der Waals surface area contributed by atoms with E-state index >= 15 is 0 Å². The highest BCUT2D eigenvalue weighted by molar-refractivity contribution is 9.10. The average Bonchev–Trinajstić information content (AvgIpc) is 2.89. The molecule has 0 aliphatic rings. The van der Waals surface area contributed by atoms with Crippen molar-refractivity contribution in [3.8, 4) is 0 Å². The van der Waals surface area contributed by atoms with E-state index in [0.29, 0.717) is 5.56 Å². The molecule has 4 rings (SSSR count). The van der Waals surface area contributed by atoms with Crippen LogP contribution in [0.15, 0.2) is 77.3 Å². The van der Waals surface area contributed by atoms with E-state index in [1.165, 1.54) is 0 Å². The second kappa shape index (κ2) is 5.11. The van der Waals surface area contributed by atoms with Gasteiger partial charge in [0, 0.05) is 15.2 Å². The van der Waals surface area contributed by atoms with Crippen LogP contribution >= 0.6 is 15.9 Å². The second-order valence-corrected chi connectivity index (χ2v) is 6.01. The van der Waals surface area contributed by atoms with Crippen molar-refractivity contribution >= 4 is 43.6 Å². The molecule has 0 saturated carbocycles. The number of fused-ring (bicyclic) bond motifs is 3. The fraction of sp³-hybridized carbons (Fsp3) is 0. The standard InChI is InChI=1S/C19H12BrNO/c20-16-10-4-1-9-15(16)19(22)21-17-11-5-2-7-13(17)14-8-3-6-12-18(14)21/h1-12H. The summed E-state index contributed by atoms with van der Waals surface area (Å²) in [6.45, 7) is 0. The van der Waals surface area contributed by atoms with E-state index in [1.54, 1.807) is 4.57 Å². The van der Waals surface area contributed by atoms with Gasteiger partial charge in [0.2, 0.25) is 0 Å². The molecule has 0 atom stereocenters. The lowest BCUT2D eigenvalue weighted by Crippen LogP contribution is -2.12. The molecule has 1 aromatic heterocycles. The summed E-state index contributed by atoms with van der Waals surface area (Å²) in [5.74, 6) is -0.0233. The van der Waals surface area contributed by atoms with Gasteiger partial charge in [0.25, 0.3) is 5.91 Å². The van der Waals surface area contributed by atoms with E-state index in [0.717, 1.165) is 26.3 Å². The average molecular weight is 350 g/mol. The van der Waals surface area contributed by atoms with Gasteiger partial charge in [-0.25, -0.2) is 0 Å². The highest BCUT2D eigenvalue weighted by Gasteiger charge is 2.18. The zero-order valence-electron chi connectivity index (χ0n) is 11.7. The van der Waals surface area contributed by atoms with E-state index in [4.69, 9.17) is 0 Å². The third-order valence-electron chi connectivity index (χ3n) is 3.89. The first-order chi connectivity index (χ1) is 10.8. The molecule has 0 bridgehead atoms. The fourth-order valence-corrected chi connectivity index (χ4v) is 3.35. The quantitative estimate of drug-likeness (QED) is 0.460. The Hall–Kier alpha value is -2.39. The Morgan fingerprint density at radius 3 is 1.82 bits per heavy atom. The van der Waals surface area contributed by atoms with Gasteiger partial charge >= 0.3 is 0 Å². The van der Waals surface area contributed by atoms with Crippen LogP contribution in [-0.4, -0.2) is 10.5 Å². The number of benzene rings is 3. The molecule has 22 heavy (non-hydrogen) atoms. The third-order valence-corrected chi connectivity index (χ3v) is 4.58. The maximum atomic E-state index is 13.1. The van der Waals surface area contributed by atoms with Gasteiger partial charge in [0.1, 0.15) is 0 Å². The molecule has 3 aromatic carbocycles. The predicted molar refractivity (Wildman–Crippen MR) is 93.3 cm³/mol. The van der Waals surface area contributed by atoms with Crippen molar-refractivity contribution < 1.29 is 4.79 Å². The van der Waals surface area contributed by atoms with Crippen LogP contribution in [0, 0.1) is 0 Å². The van der Waals surface area contributed by atoms with Crippen LogP contribution in [0.4, 0.5) is 0 Å². The molecular formula is C19H12BrNO. The Morgan fingerprint density at radius 2 is 1.23 bits per heavy atom. The molecule has 0 aliphatic carbocycles. The summed E-state index contributed by atoms with van der Waals surface area (Å²) >= 11 is 3.48. The van der Waals surface area contributed by atoms with Crippen molar-refractivity contribution in [1.29, 1.82) is 0 Å². The van der Waals surface area contributed by atoms with Gasteiger partial charge in [-0.05, 0) is 40.2 Å². The first kappa shape index (κ1) is 13.3. The Morgan fingerprint density at radius 1 is 0.727 bits per heavy atom. The van der Waals surface area contributed by atoms with E-state index < -0.39 is 0 Å². The van der Waals surface area contributed by atoms with Crippen LogP contribution in [-0.2, 0) is 0 Å². The summed E-state index contributed by atoms with van der Waals surface area (Å²) in [7, 11) is 0. The molecule has 0 spiro atoms. The Bertz CT molecular complexity index is 963. The van der Waals surface area contributed by atoms with Crippen molar-refractivity contribution in [3.63, 3.8) is 0 Å². The Kier molecular flexibility index (Phi) is 3.09. The topological polar surface area (TPSA) is 22.0 Å². The lowest BCUT2D eigenvalue weighted by molar-refractivity contribution is 0.0968. The predicted octanol–water partition coefficient (Wildman–Crippen LogP) is 5.25. The molecule has 1 heterocycles. The van der Waals surface area contributed by atoms with E-state index in [2.05, 4.69) is 28.1 Å². The van der Waals surface area contributed by atoms with Crippen molar-refractivity contribution in [2.45, 2.75) is 0 Å². The first-order valence-corrected chi connectivity index (χ1v) is 7.84. The van der Waals surface area contributed by atoms with Gasteiger partial charge in [-0.1, -0.05) is 48.5 Å². The molecular weight excluding hydrogens is 338 g/mol. The highest BCUT2D eigenvalue weighted by atomic mass is 79.9. The summed E-state index contributed by atoms with van der Waals surface area (Å²) in [6.07, 6.45) is 0. The van der Waals surface area contributed by atoms with E-state index in [-0.39, 0.29) is 5.91 Å². The molecule has 0 saturated heterocycles. The lowest BCUT2D eigenvalue weighted by Gasteiger charge is -2.07. The fourth-order valence-electron chi connectivity index (χ4n) is 2.90. The van der Waals surface area contributed by atoms with Gasteiger partial charge in [0.05, 0.1) is 16.6 Å². The van der Waals surface area contributed by atoms with Crippen molar-refractivity contribution in [2.24, 2.45) is 0 Å². The number of halogens is 1. The molecule has 3 heteroatoms. The van der Waals surface area contributed by atoms with Crippen molar-refractivity contribution in [2.75, 3.05) is 0 Å². The van der Waals surface area contributed by atoms with Crippen LogP contribution in [0.5, 0.6) is 0 Å². The number of hydrogen-bond donors (Lipinski definition) is 0. The van der Waals surface area contributed by atoms with Crippen LogP contribution in [0.1, 0.15) is 10.4 Å². The number of para-hydroxylation sites is 2. The molecule has 0 radical (unpaired) electrons. The number of hydrogen-bond acceptors (Lipinski definition) is 1. The zero-order chi connectivity index (χ0) is 15.1. The SMILES string of the molecule is O=C(c1ccccc1Br)n1c2ccccc2c2ccccc21. The normalized spacial score (nSPS) is 11.1. The molecule has 0 N–H and O–H groups in total. The number of carbonyl (C=O) groups is 1. The smallest absolute Gasteiger partial charge is 0.264 e. The summed E-state index contributed by atoms with van der Waals surface area (Å²) in [5, 5.41) is 2.19. The number of rotatable bonds is 1. The third kappa shape index (κ3) is 1.90. The van der Waals surface area contributed by atoms with Gasteiger partial charge in [0.15, 0.2) is 0 Å². The summed E-state index contributed by atoms with van der Waals surface area (Å²) < 4.78 is 2.60. The summed E-state index contributed by atoms with van der Waals surface area (Å²) in [6, 6.07) is 23.5. The van der Waals surface area contributed by atoms with Gasteiger partial charge in [-0.2, -0.15) is 0 Å². The number of aromatic nitrogens is 1. The Labute approximate surface area is 136 Å². The lowest BCUT2D eigenvalue weighted by atomic mass is 10.2. The zero-order valence-corrected chi connectivity index (χ0v) is 13.2. The molecule has 0 fully saturated rings. The second-order valence-electron chi connectivity index (χ2n) is 5.15. The minimum Gasteiger partial charge on any atom is -0.276 e. The van der Waals surface area contributed by atoms with Gasteiger partial charge in [-0.3, -0.25) is 9.36 Å². The largest absolute Gasteiger partial charge is 0.276 e. The molecule has 0 unspecified atom stereocenters. The van der Waals surface area contributed by atoms with Crippen LogP contribution < -0.4 is 0 Å². The molecule has 106 valence electrons. The monoisotopic (exact) mass is 349 g/mol. The van der Waals surface area contributed by atoms with Gasteiger partial charge in [-0.15, -0.1) is 0 Å². The molecule has 4 aromatic rings. The van der Waals surface area contributed by atoms with Crippen LogP contribution in [0.2, 0.25) is 0 Å². The minimum absolute atomic E-state index is 0.0233. The van der Waals surface area contributed by atoms with Crippen LogP contribution in [0.3, 0.4) is 0 Å². The molecule has 0 aliphatic heterocycles. The van der Waals surface area contributed by atoms with Gasteiger partial charge < -0.3 is 0 Å². The van der Waals surface area contributed by atoms with Crippen molar-refractivity contribution in [1.82, 2.24) is 4.57 Å². The Balaban J connectivity index is 2.09.